The van der Waals surface area contributed by atoms with Crippen molar-refractivity contribution in [1.82, 2.24) is 4.90 Å². The van der Waals surface area contributed by atoms with Crippen LogP contribution in [0, 0.1) is 5.92 Å². The molecule has 0 aromatic carbocycles. The van der Waals surface area contributed by atoms with Crippen molar-refractivity contribution >= 4 is 11.9 Å². The molecular weight excluding hydrogens is 194 g/mol. The highest BCUT2D eigenvalue weighted by Gasteiger charge is 2.40. The highest BCUT2D eigenvalue weighted by atomic mass is 16.5. The SMILES string of the molecule is COC(=O)[C@@H]1CCCN2C(=O)CCC[C@H]12. The maximum atomic E-state index is 11.7. The molecule has 2 rings (SSSR count). The lowest BCUT2D eigenvalue weighted by atomic mass is 9.83. The Hall–Kier alpha value is -1.06. The van der Waals surface area contributed by atoms with Crippen molar-refractivity contribution in [2.45, 2.75) is 38.1 Å². The van der Waals surface area contributed by atoms with Crippen LogP contribution in [-0.2, 0) is 14.3 Å². The number of esters is 1. The molecule has 2 heterocycles. The Labute approximate surface area is 89.6 Å². The molecule has 0 spiro atoms. The van der Waals surface area contributed by atoms with Crippen LogP contribution in [-0.4, -0.2) is 36.5 Å². The number of piperidine rings is 2. The Morgan fingerprint density at radius 1 is 1.40 bits per heavy atom. The lowest BCUT2D eigenvalue weighted by Gasteiger charge is -2.42. The van der Waals surface area contributed by atoms with Crippen molar-refractivity contribution in [1.29, 1.82) is 0 Å². The molecule has 15 heavy (non-hydrogen) atoms. The summed E-state index contributed by atoms with van der Waals surface area (Å²) >= 11 is 0. The molecule has 1 amide bonds. The molecule has 84 valence electrons. The zero-order chi connectivity index (χ0) is 10.8. The maximum absolute atomic E-state index is 11.7. The lowest BCUT2D eigenvalue weighted by molar-refractivity contribution is -0.154. The molecule has 2 aliphatic heterocycles. The Morgan fingerprint density at radius 2 is 2.20 bits per heavy atom. The molecule has 2 fully saturated rings. The van der Waals surface area contributed by atoms with Crippen LogP contribution in [0.1, 0.15) is 32.1 Å². The van der Waals surface area contributed by atoms with E-state index in [-0.39, 0.29) is 23.8 Å². The number of methoxy groups -OCH3 is 1. The second-order valence-corrected chi connectivity index (χ2v) is 4.32. The summed E-state index contributed by atoms with van der Waals surface area (Å²) in [5.74, 6) is -0.0350. The van der Waals surface area contributed by atoms with E-state index in [2.05, 4.69) is 0 Å². The zero-order valence-electron chi connectivity index (χ0n) is 9.07. The Morgan fingerprint density at radius 3 is 2.93 bits per heavy atom. The molecule has 0 N–H and O–H groups in total. The van der Waals surface area contributed by atoms with E-state index in [1.807, 2.05) is 4.90 Å². The fourth-order valence-electron chi connectivity index (χ4n) is 2.76. The molecule has 0 bridgehead atoms. The minimum Gasteiger partial charge on any atom is -0.469 e. The van der Waals surface area contributed by atoms with E-state index in [9.17, 15) is 9.59 Å². The fraction of sp³-hybridized carbons (Fsp3) is 0.818. The fourth-order valence-corrected chi connectivity index (χ4v) is 2.76. The van der Waals surface area contributed by atoms with Gasteiger partial charge in [-0.25, -0.2) is 0 Å². The maximum Gasteiger partial charge on any atom is 0.310 e. The van der Waals surface area contributed by atoms with Crippen LogP contribution in [0.15, 0.2) is 0 Å². The van der Waals surface area contributed by atoms with Crippen LogP contribution in [0.2, 0.25) is 0 Å². The highest BCUT2D eigenvalue weighted by molar-refractivity contribution is 5.80. The smallest absolute Gasteiger partial charge is 0.310 e. The number of fused-ring (bicyclic) bond motifs is 1. The van der Waals surface area contributed by atoms with Gasteiger partial charge in [-0.3, -0.25) is 9.59 Å². The van der Waals surface area contributed by atoms with Gasteiger partial charge in [-0.05, 0) is 25.7 Å². The minimum absolute atomic E-state index is 0.0898. The normalized spacial score (nSPS) is 31.0. The molecule has 0 saturated carbocycles. The third-order valence-electron chi connectivity index (χ3n) is 3.49. The van der Waals surface area contributed by atoms with Gasteiger partial charge in [0, 0.05) is 19.0 Å². The zero-order valence-corrected chi connectivity index (χ0v) is 9.07. The van der Waals surface area contributed by atoms with Crippen LogP contribution in [0.3, 0.4) is 0 Å². The summed E-state index contributed by atoms with van der Waals surface area (Å²) in [4.78, 5) is 25.1. The van der Waals surface area contributed by atoms with Crippen molar-refractivity contribution in [3.8, 4) is 0 Å². The standard InChI is InChI=1S/C11H17NO3/c1-15-11(14)8-4-3-7-12-9(8)5-2-6-10(12)13/h8-9H,2-7H2,1H3/t8-,9-/m1/s1. The van der Waals surface area contributed by atoms with Gasteiger partial charge in [-0.15, -0.1) is 0 Å². The first-order valence-electron chi connectivity index (χ1n) is 5.61. The van der Waals surface area contributed by atoms with Crippen LogP contribution < -0.4 is 0 Å². The summed E-state index contributed by atoms with van der Waals surface area (Å²) in [6.45, 7) is 0.816. The molecule has 0 aromatic rings. The summed E-state index contributed by atoms with van der Waals surface area (Å²) < 4.78 is 4.80. The summed E-state index contributed by atoms with van der Waals surface area (Å²) in [5, 5.41) is 0. The second-order valence-electron chi connectivity index (χ2n) is 4.32. The van der Waals surface area contributed by atoms with Gasteiger partial charge in [0.2, 0.25) is 5.91 Å². The number of ether oxygens (including phenoxy) is 1. The number of carbonyl (C=O) groups excluding carboxylic acids is 2. The van der Waals surface area contributed by atoms with Crippen molar-refractivity contribution < 1.29 is 14.3 Å². The van der Waals surface area contributed by atoms with E-state index in [1.165, 1.54) is 7.11 Å². The van der Waals surface area contributed by atoms with Crippen molar-refractivity contribution in [3.05, 3.63) is 0 Å². The Balaban J connectivity index is 2.13. The van der Waals surface area contributed by atoms with Crippen molar-refractivity contribution in [2.75, 3.05) is 13.7 Å². The Kier molecular flexibility index (Phi) is 2.93. The monoisotopic (exact) mass is 211 g/mol. The van der Waals surface area contributed by atoms with Crippen LogP contribution in [0.5, 0.6) is 0 Å². The number of amides is 1. The number of nitrogens with zero attached hydrogens (tertiary/aromatic N) is 1. The van der Waals surface area contributed by atoms with E-state index >= 15 is 0 Å². The van der Waals surface area contributed by atoms with Gasteiger partial charge in [0.25, 0.3) is 0 Å². The van der Waals surface area contributed by atoms with Crippen LogP contribution in [0.4, 0.5) is 0 Å². The molecule has 2 aliphatic rings. The van der Waals surface area contributed by atoms with Gasteiger partial charge in [-0.2, -0.15) is 0 Å². The molecule has 2 atom stereocenters. The topological polar surface area (TPSA) is 46.6 Å². The second kappa shape index (κ2) is 4.21. The van der Waals surface area contributed by atoms with Gasteiger partial charge in [-0.1, -0.05) is 0 Å². The molecule has 0 unspecified atom stereocenters. The molecule has 2 saturated heterocycles. The third kappa shape index (κ3) is 1.85. The summed E-state index contributed by atoms with van der Waals surface area (Å²) in [6, 6.07) is 0.104. The average molecular weight is 211 g/mol. The van der Waals surface area contributed by atoms with E-state index < -0.39 is 0 Å². The molecule has 4 heteroatoms. The number of carbonyl (C=O) groups is 2. The Bertz CT molecular complexity index is 277. The lowest BCUT2D eigenvalue weighted by Crippen LogP contribution is -2.53. The predicted octanol–water partition coefficient (Wildman–Crippen LogP) is 0.950. The van der Waals surface area contributed by atoms with Gasteiger partial charge >= 0.3 is 5.97 Å². The summed E-state index contributed by atoms with van der Waals surface area (Å²) in [5.41, 5.74) is 0. The van der Waals surface area contributed by atoms with Gasteiger partial charge in [0.1, 0.15) is 0 Å². The van der Waals surface area contributed by atoms with Crippen molar-refractivity contribution in [3.63, 3.8) is 0 Å². The third-order valence-corrected chi connectivity index (χ3v) is 3.49. The highest BCUT2D eigenvalue weighted by Crippen LogP contribution is 2.32. The molecular formula is C11H17NO3. The number of hydrogen-bond donors (Lipinski definition) is 0. The molecule has 0 aromatic heterocycles. The summed E-state index contributed by atoms with van der Waals surface area (Å²) in [6.07, 6.45) is 4.28. The van der Waals surface area contributed by atoms with E-state index in [0.29, 0.717) is 6.42 Å². The first-order chi connectivity index (χ1) is 7.24. The van der Waals surface area contributed by atoms with Crippen LogP contribution in [0.25, 0.3) is 0 Å². The predicted molar refractivity (Wildman–Crippen MR) is 54.1 cm³/mol. The van der Waals surface area contributed by atoms with Gasteiger partial charge in [0.15, 0.2) is 0 Å². The number of hydrogen-bond acceptors (Lipinski definition) is 3. The van der Waals surface area contributed by atoms with Gasteiger partial charge in [0.05, 0.1) is 13.0 Å². The number of rotatable bonds is 1. The van der Waals surface area contributed by atoms with E-state index in [4.69, 9.17) is 4.74 Å². The molecule has 4 nitrogen and oxygen atoms in total. The first-order valence-corrected chi connectivity index (χ1v) is 5.61. The van der Waals surface area contributed by atoms with Gasteiger partial charge < -0.3 is 9.64 Å². The van der Waals surface area contributed by atoms with Crippen molar-refractivity contribution in [2.24, 2.45) is 5.92 Å². The molecule has 0 radical (unpaired) electrons. The van der Waals surface area contributed by atoms with E-state index in [0.717, 1.165) is 32.2 Å². The average Bonchev–Trinajstić information content (AvgIpc) is 2.28. The quantitative estimate of drug-likeness (QED) is 0.607. The van der Waals surface area contributed by atoms with E-state index in [1.54, 1.807) is 0 Å². The largest absolute Gasteiger partial charge is 0.469 e. The summed E-state index contributed by atoms with van der Waals surface area (Å²) in [7, 11) is 1.42. The minimum atomic E-state index is -0.153. The molecule has 0 aliphatic carbocycles. The van der Waals surface area contributed by atoms with Crippen LogP contribution >= 0.6 is 0 Å². The first kappa shape index (κ1) is 10.5.